The van der Waals surface area contributed by atoms with Crippen LogP contribution in [0.1, 0.15) is 37.5 Å². The number of nitrogens with zero attached hydrogens (tertiary/aromatic N) is 1. The fourth-order valence-corrected chi connectivity index (χ4v) is 3.90. The van der Waals surface area contributed by atoms with E-state index in [4.69, 9.17) is 0 Å². The van der Waals surface area contributed by atoms with Crippen molar-refractivity contribution in [2.45, 2.75) is 50.7 Å². The van der Waals surface area contributed by atoms with E-state index < -0.39 is 11.6 Å². The highest BCUT2D eigenvalue weighted by molar-refractivity contribution is 7.09. The second kappa shape index (κ2) is 4.63. The normalized spacial score (nSPS) is 25.9. The van der Waals surface area contributed by atoms with Crippen molar-refractivity contribution in [1.82, 2.24) is 10.2 Å². The van der Waals surface area contributed by atoms with Crippen molar-refractivity contribution in [3.8, 4) is 0 Å². The topological polar surface area (TPSA) is 49.4 Å². The molecule has 0 bridgehead atoms. The van der Waals surface area contributed by atoms with Gasteiger partial charge in [0.25, 0.3) is 0 Å². The van der Waals surface area contributed by atoms with E-state index in [1.807, 2.05) is 22.4 Å². The Hall–Kier alpha value is -1.36. The largest absolute Gasteiger partial charge is 0.343 e. The lowest BCUT2D eigenvalue weighted by Gasteiger charge is -2.45. The monoisotopic (exact) mass is 278 g/mol. The fraction of sp³-hybridized carbons (Fsp3) is 0.571. The van der Waals surface area contributed by atoms with Crippen LogP contribution in [0.2, 0.25) is 0 Å². The predicted octanol–water partition coefficient (Wildman–Crippen LogP) is 1.91. The average molecular weight is 278 g/mol. The van der Waals surface area contributed by atoms with Crippen LogP contribution in [0.15, 0.2) is 17.5 Å². The molecule has 1 aliphatic heterocycles. The van der Waals surface area contributed by atoms with Gasteiger partial charge in [-0.1, -0.05) is 18.9 Å². The number of rotatable bonds is 2. The van der Waals surface area contributed by atoms with E-state index in [0.717, 1.165) is 30.6 Å². The van der Waals surface area contributed by atoms with Crippen molar-refractivity contribution in [2.75, 3.05) is 0 Å². The summed E-state index contributed by atoms with van der Waals surface area (Å²) < 4.78 is 0. The van der Waals surface area contributed by atoms with Gasteiger partial charge in [-0.15, -0.1) is 11.3 Å². The molecule has 1 atom stereocenters. The van der Waals surface area contributed by atoms with Gasteiger partial charge in [-0.3, -0.25) is 9.59 Å². The zero-order valence-electron chi connectivity index (χ0n) is 11.0. The van der Waals surface area contributed by atoms with E-state index >= 15 is 0 Å². The first-order chi connectivity index (χ1) is 9.13. The Balaban J connectivity index is 1.94. The predicted molar refractivity (Wildman–Crippen MR) is 73.7 cm³/mol. The first-order valence-corrected chi connectivity index (χ1v) is 7.66. The summed E-state index contributed by atoms with van der Waals surface area (Å²) in [5, 5.41) is 4.85. The van der Waals surface area contributed by atoms with Crippen LogP contribution in [-0.2, 0) is 16.1 Å². The molecular formula is C14H18N2O2S. The van der Waals surface area contributed by atoms with Crippen LogP contribution in [0.5, 0.6) is 0 Å². The average Bonchev–Trinajstić information content (AvgIpc) is 3.05. The Morgan fingerprint density at radius 1 is 1.42 bits per heavy atom. The first-order valence-electron chi connectivity index (χ1n) is 6.78. The van der Waals surface area contributed by atoms with Crippen LogP contribution in [0.3, 0.4) is 0 Å². The summed E-state index contributed by atoms with van der Waals surface area (Å²) in [5.41, 5.74) is -0.590. The summed E-state index contributed by atoms with van der Waals surface area (Å²) >= 11 is 1.64. The fourth-order valence-electron chi connectivity index (χ4n) is 3.20. The van der Waals surface area contributed by atoms with Crippen LogP contribution in [0, 0.1) is 0 Å². The molecule has 3 rings (SSSR count). The van der Waals surface area contributed by atoms with Gasteiger partial charge in [0.15, 0.2) is 0 Å². The quantitative estimate of drug-likeness (QED) is 0.898. The van der Waals surface area contributed by atoms with E-state index in [1.54, 1.807) is 18.3 Å². The molecule has 4 nitrogen and oxygen atoms in total. The van der Waals surface area contributed by atoms with Gasteiger partial charge < -0.3 is 10.2 Å². The summed E-state index contributed by atoms with van der Waals surface area (Å²) in [6, 6.07) is 3.61. The van der Waals surface area contributed by atoms with Crippen LogP contribution in [0.4, 0.5) is 0 Å². The molecule has 2 amide bonds. The molecule has 1 N–H and O–H groups in total. The van der Waals surface area contributed by atoms with Gasteiger partial charge in [-0.2, -0.15) is 0 Å². The molecule has 0 radical (unpaired) electrons. The molecule has 1 saturated carbocycles. The molecule has 1 saturated heterocycles. The molecule has 5 heteroatoms. The van der Waals surface area contributed by atoms with Gasteiger partial charge in [-0.05, 0) is 31.2 Å². The zero-order chi connectivity index (χ0) is 13.5. The molecule has 1 spiro atoms. The number of piperazine rings is 1. The molecule has 1 aliphatic carbocycles. The lowest BCUT2D eigenvalue weighted by atomic mass is 9.89. The Kier molecular flexibility index (Phi) is 3.09. The molecule has 2 fully saturated rings. The van der Waals surface area contributed by atoms with Crippen LogP contribution in [-0.4, -0.2) is 28.3 Å². The third-order valence-electron chi connectivity index (χ3n) is 4.25. The molecule has 19 heavy (non-hydrogen) atoms. The molecule has 2 aliphatic rings. The molecule has 1 aromatic rings. The van der Waals surface area contributed by atoms with Gasteiger partial charge in [0.05, 0.1) is 6.54 Å². The molecule has 0 aromatic carbocycles. The van der Waals surface area contributed by atoms with Crippen molar-refractivity contribution >= 4 is 23.2 Å². The Bertz CT molecular complexity index is 492. The third-order valence-corrected chi connectivity index (χ3v) is 5.11. The van der Waals surface area contributed by atoms with Crippen LogP contribution in [0.25, 0.3) is 0 Å². The van der Waals surface area contributed by atoms with E-state index in [0.29, 0.717) is 6.54 Å². The van der Waals surface area contributed by atoms with Crippen molar-refractivity contribution in [3.63, 3.8) is 0 Å². The number of thiophene rings is 1. The number of amides is 2. The van der Waals surface area contributed by atoms with E-state index in [1.165, 1.54) is 0 Å². The minimum absolute atomic E-state index is 0.0358. The molecular weight excluding hydrogens is 260 g/mol. The standard InChI is InChI=1S/C14H18N2O2S/c1-10-12(17)16(9-11-5-4-8-19-11)14(13(18)15-10)6-2-3-7-14/h4-5,8,10H,2-3,6-7,9H2,1H3,(H,15,18). The summed E-state index contributed by atoms with van der Waals surface area (Å²) in [6.07, 6.45) is 3.64. The number of carbonyl (C=O) groups excluding carboxylic acids is 2. The van der Waals surface area contributed by atoms with Crippen molar-refractivity contribution in [2.24, 2.45) is 0 Å². The summed E-state index contributed by atoms with van der Waals surface area (Å²) in [6.45, 7) is 2.33. The minimum atomic E-state index is -0.590. The zero-order valence-corrected chi connectivity index (χ0v) is 11.8. The maximum atomic E-state index is 12.5. The van der Waals surface area contributed by atoms with Gasteiger partial charge in [0, 0.05) is 4.88 Å². The number of carbonyl (C=O) groups is 2. The summed E-state index contributed by atoms with van der Waals surface area (Å²) in [7, 11) is 0. The minimum Gasteiger partial charge on any atom is -0.343 e. The second-order valence-corrected chi connectivity index (χ2v) is 6.47. The third kappa shape index (κ3) is 1.96. The molecule has 1 aromatic heterocycles. The smallest absolute Gasteiger partial charge is 0.246 e. The van der Waals surface area contributed by atoms with Gasteiger partial charge in [0.1, 0.15) is 11.6 Å². The van der Waals surface area contributed by atoms with Crippen LogP contribution < -0.4 is 5.32 Å². The second-order valence-electron chi connectivity index (χ2n) is 5.44. The lowest BCUT2D eigenvalue weighted by molar-refractivity contribution is -0.157. The highest BCUT2D eigenvalue weighted by Gasteiger charge is 2.52. The van der Waals surface area contributed by atoms with Crippen molar-refractivity contribution in [3.05, 3.63) is 22.4 Å². The van der Waals surface area contributed by atoms with Crippen molar-refractivity contribution in [1.29, 1.82) is 0 Å². The number of hydrogen-bond acceptors (Lipinski definition) is 3. The number of nitrogens with one attached hydrogen (secondary N) is 1. The Morgan fingerprint density at radius 2 is 2.16 bits per heavy atom. The van der Waals surface area contributed by atoms with Crippen LogP contribution >= 0.6 is 11.3 Å². The maximum absolute atomic E-state index is 12.5. The van der Waals surface area contributed by atoms with Gasteiger partial charge in [0.2, 0.25) is 11.8 Å². The number of hydrogen-bond donors (Lipinski definition) is 1. The van der Waals surface area contributed by atoms with E-state index in [-0.39, 0.29) is 11.8 Å². The van der Waals surface area contributed by atoms with Crippen molar-refractivity contribution < 1.29 is 9.59 Å². The van der Waals surface area contributed by atoms with E-state index in [9.17, 15) is 9.59 Å². The van der Waals surface area contributed by atoms with Gasteiger partial charge in [-0.25, -0.2) is 0 Å². The summed E-state index contributed by atoms with van der Waals surface area (Å²) in [4.78, 5) is 27.9. The SMILES string of the molecule is CC1NC(=O)C2(CCCC2)N(Cc2cccs2)C1=O. The highest BCUT2D eigenvalue weighted by Crippen LogP contribution is 2.39. The Labute approximate surface area is 116 Å². The lowest BCUT2D eigenvalue weighted by Crippen LogP contribution is -2.68. The maximum Gasteiger partial charge on any atom is 0.246 e. The molecule has 2 heterocycles. The Morgan fingerprint density at radius 3 is 2.79 bits per heavy atom. The van der Waals surface area contributed by atoms with Gasteiger partial charge >= 0.3 is 0 Å². The highest BCUT2D eigenvalue weighted by atomic mass is 32.1. The summed E-state index contributed by atoms with van der Waals surface area (Å²) in [5.74, 6) is 0.0866. The molecule has 102 valence electrons. The molecule has 1 unspecified atom stereocenters. The van der Waals surface area contributed by atoms with E-state index in [2.05, 4.69) is 5.32 Å². The first kappa shape index (κ1) is 12.7.